The molecule has 1 aromatic heterocycles. The molecule has 2 aromatic rings. The molecule has 0 unspecified atom stereocenters. The number of para-hydroxylation sites is 1. The molecule has 2 heterocycles. The van der Waals surface area contributed by atoms with Gasteiger partial charge in [-0.1, -0.05) is 43.4 Å². The van der Waals surface area contributed by atoms with Gasteiger partial charge in [0.15, 0.2) is 0 Å². The number of benzene rings is 1. The normalized spacial score (nSPS) is 16.0. The number of aromatic nitrogens is 2. The Morgan fingerprint density at radius 1 is 1.12 bits per heavy atom. The first-order valence-corrected chi connectivity index (χ1v) is 12.3. The maximum Gasteiger partial charge on any atom is 0.286 e. The Kier molecular flexibility index (Phi) is 9.32. The second-order valence-electron chi connectivity index (χ2n) is 7.99. The summed E-state index contributed by atoms with van der Waals surface area (Å²) in [5, 5.41) is 13.9. The highest BCUT2D eigenvalue weighted by molar-refractivity contribution is 7.15. The van der Waals surface area contributed by atoms with Crippen molar-refractivity contribution in [2.24, 2.45) is 5.92 Å². The van der Waals surface area contributed by atoms with E-state index in [1.807, 2.05) is 18.2 Å². The number of hydrogen-bond donors (Lipinski definition) is 2. The van der Waals surface area contributed by atoms with Gasteiger partial charge in [0.25, 0.3) is 11.8 Å². The van der Waals surface area contributed by atoms with Crippen molar-refractivity contribution in [1.29, 1.82) is 0 Å². The number of rotatable bonds is 10. The molecule has 3 rings (SSSR count). The summed E-state index contributed by atoms with van der Waals surface area (Å²) >= 11 is 0.965. The minimum atomic E-state index is -0.404. The smallest absolute Gasteiger partial charge is 0.286 e. The SMILES string of the molecule is CCN(CC)CCCNC(=O)[C@H]1CCCN(C(=O)c2nnc(C(=O)Nc3ccccc3)s2)C1. The fraction of sp³-hybridized carbons (Fsp3) is 0.522. The zero-order valence-corrected chi connectivity index (χ0v) is 20.1. The third-order valence-electron chi connectivity index (χ3n) is 5.76. The lowest BCUT2D eigenvalue weighted by Gasteiger charge is -2.31. The number of anilines is 1. The number of piperidine rings is 1. The van der Waals surface area contributed by atoms with Crippen molar-refractivity contribution in [3.8, 4) is 0 Å². The van der Waals surface area contributed by atoms with E-state index in [0.29, 0.717) is 25.3 Å². The molecule has 0 aliphatic carbocycles. The highest BCUT2D eigenvalue weighted by Gasteiger charge is 2.30. The van der Waals surface area contributed by atoms with Crippen molar-refractivity contribution in [2.45, 2.75) is 33.1 Å². The Bertz CT molecular complexity index is 931. The molecule has 3 amide bonds. The van der Waals surface area contributed by atoms with E-state index in [1.54, 1.807) is 17.0 Å². The number of carbonyl (C=O) groups is 3. The molecule has 1 aromatic carbocycles. The Labute approximate surface area is 198 Å². The summed E-state index contributed by atoms with van der Waals surface area (Å²) in [5.74, 6) is -0.930. The highest BCUT2D eigenvalue weighted by atomic mass is 32.1. The van der Waals surface area contributed by atoms with Crippen LogP contribution in [0.4, 0.5) is 5.69 Å². The van der Waals surface area contributed by atoms with E-state index >= 15 is 0 Å². The summed E-state index contributed by atoms with van der Waals surface area (Å²) in [7, 11) is 0. The van der Waals surface area contributed by atoms with Crippen LogP contribution in [-0.4, -0.2) is 77.0 Å². The number of nitrogens with zero attached hydrogens (tertiary/aromatic N) is 4. The van der Waals surface area contributed by atoms with Crippen LogP contribution in [0.5, 0.6) is 0 Å². The van der Waals surface area contributed by atoms with E-state index in [0.717, 1.165) is 50.2 Å². The van der Waals surface area contributed by atoms with Crippen molar-refractivity contribution < 1.29 is 14.4 Å². The molecule has 10 heteroatoms. The van der Waals surface area contributed by atoms with Crippen LogP contribution in [-0.2, 0) is 4.79 Å². The second-order valence-corrected chi connectivity index (χ2v) is 8.97. The van der Waals surface area contributed by atoms with Crippen molar-refractivity contribution in [2.75, 3.05) is 44.6 Å². The van der Waals surface area contributed by atoms with Crippen molar-refractivity contribution in [3.05, 3.63) is 40.3 Å². The minimum Gasteiger partial charge on any atom is -0.356 e. The van der Waals surface area contributed by atoms with Crippen LogP contribution in [0.2, 0.25) is 0 Å². The van der Waals surface area contributed by atoms with Crippen LogP contribution in [0.25, 0.3) is 0 Å². The fourth-order valence-electron chi connectivity index (χ4n) is 3.82. The number of nitrogens with one attached hydrogen (secondary N) is 2. The zero-order valence-electron chi connectivity index (χ0n) is 19.2. The van der Waals surface area contributed by atoms with E-state index in [2.05, 4.69) is 39.6 Å². The largest absolute Gasteiger partial charge is 0.356 e. The van der Waals surface area contributed by atoms with Crippen LogP contribution < -0.4 is 10.6 Å². The van der Waals surface area contributed by atoms with Crippen molar-refractivity contribution in [3.63, 3.8) is 0 Å². The number of likely N-dealkylation sites (tertiary alicyclic amines) is 1. The van der Waals surface area contributed by atoms with Crippen LogP contribution in [0.15, 0.2) is 30.3 Å². The van der Waals surface area contributed by atoms with E-state index in [9.17, 15) is 14.4 Å². The number of amides is 3. The Morgan fingerprint density at radius 2 is 1.85 bits per heavy atom. The molecule has 33 heavy (non-hydrogen) atoms. The Balaban J connectivity index is 1.50. The van der Waals surface area contributed by atoms with Crippen LogP contribution in [0.3, 0.4) is 0 Å². The standard InChI is InChI=1S/C23H32N6O3S/c1-3-28(4-2)14-9-13-24-19(30)17-10-8-15-29(16-17)23(32)22-27-26-21(33-22)20(31)25-18-11-6-5-7-12-18/h5-7,11-12,17H,3-4,8-10,13-16H2,1-2H3,(H,24,30)(H,25,31)/t17-/m0/s1. The third kappa shape index (κ3) is 7.06. The van der Waals surface area contributed by atoms with Gasteiger partial charge >= 0.3 is 0 Å². The summed E-state index contributed by atoms with van der Waals surface area (Å²) in [6, 6.07) is 9.04. The Hall–Kier alpha value is -2.85. The summed E-state index contributed by atoms with van der Waals surface area (Å²) in [6.07, 6.45) is 2.41. The molecule has 9 nitrogen and oxygen atoms in total. The molecule has 1 fully saturated rings. The average Bonchev–Trinajstić information content (AvgIpc) is 3.35. The van der Waals surface area contributed by atoms with Crippen molar-refractivity contribution in [1.82, 2.24) is 25.3 Å². The van der Waals surface area contributed by atoms with Gasteiger partial charge in [-0.3, -0.25) is 14.4 Å². The van der Waals surface area contributed by atoms with Gasteiger partial charge < -0.3 is 20.4 Å². The van der Waals surface area contributed by atoms with E-state index in [-0.39, 0.29) is 27.7 Å². The first kappa shape index (κ1) is 24.8. The molecule has 0 bridgehead atoms. The summed E-state index contributed by atoms with van der Waals surface area (Å²) in [5.41, 5.74) is 0.646. The van der Waals surface area contributed by atoms with Gasteiger partial charge in [0.1, 0.15) is 0 Å². The first-order chi connectivity index (χ1) is 16.0. The lowest BCUT2D eigenvalue weighted by molar-refractivity contribution is -0.126. The predicted octanol–water partition coefficient (Wildman–Crippen LogP) is 2.49. The number of hydrogen-bond acceptors (Lipinski definition) is 7. The Morgan fingerprint density at radius 3 is 2.58 bits per heavy atom. The van der Waals surface area contributed by atoms with Crippen LogP contribution >= 0.6 is 11.3 Å². The van der Waals surface area contributed by atoms with E-state index in [4.69, 9.17) is 0 Å². The molecule has 1 saturated heterocycles. The van der Waals surface area contributed by atoms with Gasteiger partial charge in [0.2, 0.25) is 15.9 Å². The molecular weight excluding hydrogens is 440 g/mol. The van der Waals surface area contributed by atoms with Gasteiger partial charge in [-0.2, -0.15) is 0 Å². The number of carbonyl (C=O) groups excluding carboxylic acids is 3. The second kappa shape index (κ2) is 12.4. The maximum absolute atomic E-state index is 12.9. The van der Waals surface area contributed by atoms with Gasteiger partial charge in [-0.05, 0) is 51.0 Å². The molecule has 1 atom stereocenters. The predicted molar refractivity (Wildman–Crippen MR) is 128 cm³/mol. The molecule has 0 radical (unpaired) electrons. The molecule has 0 spiro atoms. The molecule has 2 N–H and O–H groups in total. The molecule has 1 aliphatic heterocycles. The quantitative estimate of drug-likeness (QED) is 0.515. The summed E-state index contributed by atoms with van der Waals surface area (Å²) < 4.78 is 0. The first-order valence-electron chi connectivity index (χ1n) is 11.5. The monoisotopic (exact) mass is 472 g/mol. The van der Waals surface area contributed by atoms with E-state index < -0.39 is 5.91 Å². The van der Waals surface area contributed by atoms with Crippen molar-refractivity contribution >= 4 is 34.7 Å². The molecular formula is C23H32N6O3S. The fourth-order valence-corrected chi connectivity index (χ4v) is 4.52. The van der Waals surface area contributed by atoms with Crippen LogP contribution in [0, 0.1) is 5.92 Å². The highest BCUT2D eigenvalue weighted by Crippen LogP contribution is 2.21. The summed E-state index contributed by atoms with van der Waals surface area (Å²) in [4.78, 5) is 41.9. The summed E-state index contributed by atoms with van der Waals surface area (Å²) in [6.45, 7) is 8.78. The lowest BCUT2D eigenvalue weighted by atomic mass is 9.97. The lowest BCUT2D eigenvalue weighted by Crippen LogP contribution is -2.45. The van der Waals surface area contributed by atoms with Gasteiger partial charge in [-0.25, -0.2) is 0 Å². The minimum absolute atomic E-state index is 0.00719. The average molecular weight is 473 g/mol. The maximum atomic E-state index is 12.9. The zero-order chi connectivity index (χ0) is 23.6. The van der Waals surface area contributed by atoms with E-state index in [1.165, 1.54) is 0 Å². The molecule has 178 valence electrons. The topological polar surface area (TPSA) is 108 Å². The molecule has 0 saturated carbocycles. The van der Waals surface area contributed by atoms with Gasteiger partial charge in [0.05, 0.1) is 5.92 Å². The van der Waals surface area contributed by atoms with Gasteiger partial charge in [-0.15, -0.1) is 10.2 Å². The van der Waals surface area contributed by atoms with Crippen LogP contribution in [0.1, 0.15) is 52.7 Å². The van der Waals surface area contributed by atoms with Gasteiger partial charge in [0, 0.05) is 25.3 Å². The molecule has 1 aliphatic rings. The third-order valence-corrected chi connectivity index (χ3v) is 6.67.